The Hall–Kier alpha value is -2.02. The van der Waals surface area contributed by atoms with Gasteiger partial charge in [0.15, 0.2) is 11.0 Å². The van der Waals surface area contributed by atoms with Gasteiger partial charge >= 0.3 is 0 Å². The molecular weight excluding hydrogens is 312 g/mol. The molecule has 3 rings (SSSR count). The molecule has 122 valence electrons. The molecule has 1 aromatic heterocycles. The van der Waals surface area contributed by atoms with Crippen molar-refractivity contribution in [3.05, 3.63) is 24.3 Å². The third-order valence-electron chi connectivity index (χ3n) is 3.76. The summed E-state index contributed by atoms with van der Waals surface area (Å²) in [6, 6.07) is 8.06. The zero-order valence-corrected chi connectivity index (χ0v) is 14.3. The number of carbonyl (C=O) groups excluding carboxylic acids is 1. The van der Waals surface area contributed by atoms with Gasteiger partial charge in [0, 0.05) is 13.1 Å². The average molecular weight is 332 g/mol. The Kier molecular flexibility index (Phi) is 4.56. The minimum absolute atomic E-state index is 0.0549. The summed E-state index contributed by atoms with van der Waals surface area (Å²) in [7, 11) is 3.53. The van der Waals surface area contributed by atoms with Gasteiger partial charge in [0.05, 0.1) is 17.9 Å². The Morgan fingerprint density at radius 2 is 2.13 bits per heavy atom. The van der Waals surface area contributed by atoms with Crippen LogP contribution in [0.15, 0.2) is 29.4 Å². The van der Waals surface area contributed by atoms with E-state index in [1.807, 2.05) is 42.8 Å². The topological polar surface area (TPSA) is 69.0 Å². The lowest BCUT2D eigenvalue weighted by Crippen LogP contribution is -2.32. The summed E-state index contributed by atoms with van der Waals surface area (Å²) in [5.74, 6) is 1.53. The number of hydrogen-bond acceptors (Lipinski definition) is 5. The average Bonchev–Trinajstić information content (AvgIpc) is 3.30. The first-order chi connectivity index (χ1) is 11.1. The Labute approximate surface area is 139 Å². The van der Waals surface area contributed by atoms with Crippen molar-refractivity contribution >= 4 is 17.7 Å². The quantitative estimate of drug-likeness (QED) is 0.822. The maximum absolute atomic E-state index is 12.1. The largest absolute Gasteiger partial charge is 0.496 e. The predicted octanol–water partition coefficient (Wildman–Crippen LogP) is 2.25. The highest BCUT2D eigenvalue weighted by atomic mass is 32.2. The molecule has 1 saturated carbocycles. The van der Waals surface area contributed by atoms with Gasteiger partial charge < -0.3 is 14.6 Å². The first-order valence-corrected chi connectivity index (χ1v) is 8.48. The second kappa shape index (κ2) is 6.62. The van der Waals surface area contributed by atoms with Crippen LogP contribution in [0.4, 0.5) is 0 Å². The zero-order valence-electron chi connectivity index (χ0n) is 13.4. The summed E-state index contributed by atoms with van der Waals surface area (Å²) >= 11 is 1.41. The number of hydrogen-bond donors (Lipinski definition) is 1. The van der Waals surface area contributed by atoms with Crippen LogP contribution in [-0.2, 0) is 11.8 Å². The molecule has 1 aliphatic carbocycles. The molecule has 0 bridgehead atoms. The lowest BCUT2D eigenvalue weighted by molar-refractivity contribution is -0.120. The molecule has 6 nitrogen and oxygen atoms in total. The SMILES string of the molecule is COc1ccccc1-c1nnc(S[C@@H](C)C(=O)NC2CC2)n1C. The van der Waals surface area contributed by atoms with E-state index in [0.717, 1.165) is 30.0 Å². The minimum atomic E-state index is -0.205. The van der Waals surface area contributed by atoms with Gasteiger partial charge in [0.2, 0.25) is 5.91 Å². The summed E-state index contributed by atoms with van der Waals surface area (Å²) in [5, 5.41) is 12.0. The minimum Gasteiger partial charge on any atom is -0.496 e. The molecule has 1 aliphatic rings. The fourth-order valence-corrected chi connectivity index (χ4v) is 3.06. The Morgan fingerprint density at radius 1 is 1.39 bits per heavy atom. The van der Waals surface area contributed by atoms with E-state index in [1.54, 1.807) is 7.11 Å². The van der Waals surface area contributed by atoms with Crippen LogP contribution in [0.5, 0.6) is 5.75 Å². The molecule has 1 fully saturated rings. The third-order valence-corrected chi connectivity index (χ3v) is 4.89. The zero-order chi connectivity index (χ0) is 16.4. The molecule has 1 atom stereocenters. The van der Waals surface area contributed by atoms with E-state index in [9.17, 15) is 4.79 Å². The first-order valence-electron chi connectivity index (χ1n) is 7.60. The van der Waals surface area contributed by atoms with Crippen LogP contribution in [0.25, 0.3) is 11.4 Å². The molecule has 0 radical (unpaired) electrons. The van der Waals surface area contributed by atoms with Crippen LogP contribution in [0.1, 0.15) is 19.8 Å². The molecule has 2 aromatic rings. The highest BCUT2D eigenvalue weighted by Gasteiger charge is 2.27. The van der Waals surface area contributed by atoms with Gasteiger partial charge in [-0.15, -0.1) is 10.2 Å². The summed E-state index contributed by atoms with van der Waals surface area (Å²) in [6.07, 6.45) is 2.18. The van der Waals surface area contributed by atoms with Crippen LogP contribution < -0.4 is 10.1 Å². The van der Waals surface area contributed by atoms with Gasteiger partial charge in [0.25, 0.3) is 0 Å². The van der Waals surface area contributed by atoms with Gasteiger partial charge in [-0.3, -0.25) is 4.79 Å². The molecule has 7 heteroatoms. The highest BCUT2D eigenvalue weighted by molar-refractivity contribution is 8.00. The van der Waals surface area contributed by atoms with Crippen molar-refractivity contribution in [1.29, 1.82) is 0 Å². The maximum Gasteiger partial charge on any atom is 0.233 e. The van der Waals surface area contributed by atoms with Crippen LogP contribution in [0, 0.1) is 0 Å². The molecule has 1 aromatic carbocycles. The van der Waals surface area contributed by atoms with Gasteiger partial charge in [-0.05, 0) is 31.9 Å². The fraction of sp³-hybridized carbons (Fsp3) is 0.438. The van der Waals surface area contributed by atoms with E-state index in [4.69, 9.17) is 4.74 Å². The molecule has 1 heterocycles. The van der Waals surface area contributed by atoms with Crippen molar-refractivity contribution < 1.29 is 9.53 Å². The number of ether oxygens (including phenoxy) is 1. The number of thioether (sulfide) groups is 1. The number of nitrogens with zero attached hydrogens (tertiary/aromatic N) is 3. The number of rotatable bonds is 6. The number of nitrogens with one attached hydrogen (secondary N) is 1. The molecule has 0 unspecified atom stereocenters. The molecule has 0 spiro atoms. The van der Waals surface area contributed by atoms with Gasteiger partial charge in [-0.1, -0.05) is 23.9 Å². The van der Waals surface area contributed by atoms with Gasteiger partial charge in [-0.25, -0.2) is 0 Å². The molecule has 23 heavy (non-hydrogen) atoms. The van der Waals surface area contributed by atoms with Crippen LogP contribution in [0.3, 0.4) is 0 Å². The van der Waals surface area contributed by atoms with E-state index in [-0.39, 0.29) is 11.2 Å². The van der Waals surface area contributed by atoms with Crippen molar-refractivity contribution in [2.24, 2.45) is 7.05 Å². The summed E-state index contributed by atoms with van der Waals surface area (Å²) in [5.41, 5.74) is 0.881. The summed E-state index contributed by atoms with van der Waals surface area (Å²) < 4.78 is 7.27. The molecular formula is C16H20N4O2S. The van der Waals surface area contributed by atoms with E-state index in [0.29, 0.717) is 11.2 Å². The number of aromatic nitrogens is 3. The number of carbonyl (C=O) groups is 1. The second-order valence-corrected chi connectivity index (χ2v) is 6.92. The van der Waals surface area contributed by atoms with E-state index < -0.39 is 0 Å². The van der Waals surface area contributed by atoms with E-state index in [2.05, 4.69) is 15.5 Å². The van der Waals surface area contributed by atoms with Crippen LogP contribution in [-0.4, -0.2) is 39.1 Å². The van der Waals surface area contributed by atoms with Crippen molar-refractivity contribution in [3.63, 3.8) is 0 Å². The Balaban J connectivity index is 1.77. The van der Waals surface area contributed by atoms with Crippen LogP contribution >= 0.6 is 11.8 Å². The Bertz CT molecular complexity index is 712. The summed E-state index contributed by atoms with van der Waals surface area (Å²) in [6.45, 7) is 1.89. The summed E-state index contributed by atoms with van der Waals surface area (Å²) in [4.78, 5) is 12.1. The van der Waals surface area contributed by atoms with Crippen molar-refractivity contribution in [2.75, 3.05) is 7.11 Å². The van der Waals surface area contributed by atoms with E-state index in [1.165, 1.54) is 11.8 Å². The Morgan fingerprint density at radius 3 is 2.83 bits per heavy atom. The van der Waals surface area contributed by atoms with Crippen molar-refractivity contribution in [3.8, 4) is 17.1 Å². The fourth-order valence-electron chi connectivity index (χ4n) is 2.24. The number of methoxy groups -OCH3 is 1. The normalized spacial score (nSPS) is 15.3. The molecule has 0 saturated heterocycles. The number of amides is 1. The third kappa shape index (κ3) is 3.50. The smallest absolute Gasteiger partial charge is 0.233 e. The monoisotopic (exact) mass is 332 g/mol. The lowest BCUT2D eigenvalue weighted by atomic mass is 10.2. The van der Waals surface area contributed by atoms with Crippen LogP contribution in [0.2, 0.25) is 0 Å². The maximum atomic E-state index is 12.1. The lowest BCUT2D eigenvalue weighted by Gasteiger charge is -2.11. The van der Waals surface area contributed by atoms with Gasteiger partial charge in [0.1, 0.15) is 5.75 Å². The second-order valence-electron chi connectivity index (χ2n) is 5.61. The molecule has 1 N–H and O–H groups in total. The molecule has 1 amide bonds. The number of para-hydroxylation sites is 1. The molecule has 0 aliphatic heterocycles. The standard InChI is InChI=1S/C16H20N4O2S/c1-10(15(21)17-11-8-9-11)23-16-19-18-14(20(16)2)12-6-4-5-7-13(12)22-3/h4-7,10-11H,8-9H2,1-3H3,(H,17,21)/t10-/m0/s1. The van der Waals surface area contributed by atoms with E-state index >= 15 is 0 Å². The van der Waals surface area contributed by atoms with Gasteiger partial charge in [-0.2, -0.15) is 0 Å². The van der Waals surface area contributed by atoms with Crippen molar-refractivity contribution in [1.82, 2.24) is 20.1 Å². The number of benzene rings is 1. The van der Waals surface area contributed by atoms with Crippen molar-refractivity contribution in [2.45, 2.75) is 36.2 Å². The first kappa shape index (κ1) is 15.9. The highest BCUT2D eigenvalue weighted by Crippen LogP contribution is 2.31. The predicted molar refractivity (Wildman–Crippen MR) is 89.5 cm³/mol.